The summed E-state index contributed by atoms with van der Waals surface area (Å²) in [7, 11) is 0. The van der Waals surface area contributed by atoms with Gasteiger partial charge in [0.25, 0.3) is 0 Å². The summed E-state index contributed by atoms with van der Waals surface area (Å²) < 4.78 is 13.4. The van der Waals surface area contributed by atoms with Gasteiger partial charge >= 0.3 is 5.97 Å². The molecule has 0 fully saturated rings. The maximum absolute atomic E-state index is 13.4. The van der Waals surface area contributed by atoms with Gasteiger partial charge in [0.1, 0.15) is 11.4 Å². The Hall–Kier alpha value is -1.95. The molecule has 1 aromatic rings. The number of amides is 1. The molecule has 4 N–H and O–H groups in total. The second kappa shape index (κ2) is 6.84. The summed E-state index contributed by atoms with van der Waals surface area (Å²) in [4.78, 5) is 22.9. The fourth-order valence-electron chi connectivity index (χ4n) is 1.78. The van der Waals surface area contributed by atoms with E-state index in [1.807, 2.05) is 6.92 Å². The molecule has 5 nitrogen and oxygen atoms in total. The highest BCUT2D eigenvalue weighted by Gasteiger charge is 2.21. The van der Waals surface area contributed by atoms with Crippen molar-refractivity contribution in [3.8, 4) is 0 Å². The van der Waals surface area contributed by atoms with Crippen molar-refractivity contribution >= 4 is 17.6 Å². The third-order valence-electron chi connectivity index (χ3n) is 2.78. The third kappa shape index (κ3) is 3.75. The number of benzene rings is 1. The molecule has 1 atom stereocenters. The largest absolute Gasteiger partial charge is 0.478 e. The predicted molar refractivity (Wildman–Crippen MR) is 69.4 cm³/mol. The van der Waals surface area contributed by atoms with E-state index in [4.69, 9.17) is 10.8 Å². The zero-order valence-corrected chi connectivity index (χ0v) is 10.6. The highest BCUT2D eigenvalue weighted by Crippen LogP contribution is 2.20. The molecular weight excluding hydrogens is 251 g/mol. The molecular formula is C13H17FN2O3. The lowest BCUT2D eigenvalue weighted by atomic mass is 10.0. The molecule has 0 bridgehead atoms. The first-order valence-corrected chi connectivity index (χ1v) is 6.04. The van der Waals surface area contributed by atoms with Gasteiger partial charge in [0.05, 0.1) is 11.6 Å². The van der Waals surface area contributed by atoms with Gasteiger partial charge in [-0.25, -0.2) is 9.18 Å². The fourth-order valence-corrected chi connectivity index (χ4v) is 1.78. The topological polar surface area (TPSA) is 92.4 Å². The molecule has 0 aliphatic heterocycles. The van der Waals surface area contributed by atoms with E-state index in [0.29, 0.717) is 6.42 Å². The molecule has 1 unspecified atom stereocenters. The van der Waals surface area contributed by atoms with Crippen LogP contribution in [0.5, 0.6) is 0 Å². The Morgan fingerprint density at radius 2 is 2.16 bits per heavy atom. The average molecular weight is 268 g/mol. The van der Waals surface area contributed by atoms with Crippen molar-refractivity contribution in [1.82, 2.24) is 0 Å². The highest BCUT2D eigenvalue weighted by atomic mass is 19.1. The van der Waals surface area contributed by atoms with Crippen LogP contribution in [0, 0.1) is 11.7 Å². The number of carbonyl (C=O) groups excluding carboxylic acids is 1. The van der Waals surface area contributed by atoms with Crippen LogP contribution in [0.25, 0.3) is 0 Å². The van der Waals surface area contributed by atoms with E-state index in [1.165, 1.54) is 12.1 Å². The number of carboxylic acid groups (broad SMARTS) is 1. The monoisotopic (exact) mass is 268 g/mol. The van der Waals surface area contributed by atoms with Crippen LogP contribution in [0.4, 0.5) is 10.1 Å². The zero-order valence-electron chi connectivity index (χ0n) is 10.6. The van der Waals surface area contributed by atoms with Crippen LogP contribution in [0.2, 0.25) is 0 Å². The summed E-state index contributed by atoms with van der Waals surface area (Å²) in [6, 6.07) is 3.73. The lowest BCUT2D eigenvalue weighted by Crippen LogP contribution is -2.29. The Balaban J connectivity index is 2.96. The standard InChI is InChI=1S/C13H17FN2O3/c1-2-4-8(7-15)12(17)16-10-6-3-5-9(14)11(10)13(18)19/h3,5-6,8H,2,4,7,15H2,1H3,(H,16,17)(H,18,19). The number of nitrogens with two attached hydrogens (primary N) is 1. The van der Waals surface area contributed by atoms with Crippen molar-refractivity contribution in [2.45, 2.75) is 19.8 Å². The molecule has 0 heterocycles. The van der Waals surface area contributed by atoms with E-state index in [9.17, 15) is 14.0 Å². The summed E-state index contributed by atoms with van der Waals surface area (Å²) in [6.45, 7) is 2.08. The number of hydrogen-bond acceptors (Lipinski definition) is 3. The van der Waals surface area contributed by atoms with E-state index in [0.717, 1.165) is 12.5 Å². The number of anilines is 1. The molecule has 6 heteroatoms. The summed E-state index contributed by atoms with van der Waals surface area (Å²) in [6.07, 6.45) is 1.38. The highest BCUT2D eigenvalue weighted by molar-refractivity contribution is 6.01. The fraction of sp³-hybridized carbons (Fsp3) is 0.385. The molecule has 0 aliphatic rings. The van der Waals surface area contributed by atoms with Gasteiger partial charge < -0.3 is 16.2 Å². The average Bonchev–Trinajstić information content (AvgIpc) is 2.35. The molecule has 1 amide bonds. The zero-order chi connectivity index (χ0) is 14.4. The van der Waals surface area contributed by atoms with Crippen molar-refractivity contribution < 1.29 is 19.1 Å². The van der Waals surface area contributed by atoms with Crippen molar-refractivity contribution in [3.05, 3.63) is 29.6 Å². The number of carbonyl (C=O) groups is 2. The van der Waals surface area contributed by atoms with Crippen LogP contribution in [0.1, 0.15) is 30.1 Å². The van der Waals surface area contributed by atoms with Gasteiger partial charge in [0.15, 0.2) is 0 Å². The normalized spacial score (nSPS) is 11.9. The van der Waals surface area contributed by atoms with Crippen molar-refractivity contribution in [3.63, 3.8) is 0 Å². The second-order valence-electron chi connectivity index (χ2n) is 4.18. The predicted octanol–water partition coefficient (Wildman–Crippen LogP) is 1.84. The van der Waals surface area contributed by atoms with Crippen LogP contribution >= 0.6 is 0 Å². The minimum absolute atomic E-state index is 0.0490. The Morgan fingerprint density at radius 1 is 1.47 bits per heavy atom. The van der Waals surface area contributed by atoms with Gasteiger partial charge in [-0.2, -0.15) is 0 Å². The van der Waals surface area contributed by atoms with E-state index in [-0.39, 0.29) is 12.2 Å². The SMILES string of the molecule is CCCC(CN)C(=O)Nc1cccc(F)c1C(=O)O. The molecule has 0 radical (unpaired) electrons. The Labute approximate surface area is 110 Å². The molecule has 1 aromatic carbocycles. The Morgan fingerprint density at radius 3 is 2.68 bits per heavy atom. The lowest BCUT2D eigenvalue weighted by molar-refractivity contribution is -0.119. The number of aromatic carboxylic acids is 1. The first-order valence-electron chi connectivity index (χ1n) is 6.04. The molecule has 0 spiro atoms. The van der Waals surface area contributed by atoms with Crippen molar-refractivity contribution in [2.24, 2.45) is 11.7 Å². The quantitative estimate of drug-likeness (QED) is 0.734. The molecule has 104 valence electrons. The molecule has 0 saturated carbocycles. The van der Waals surface area contributed by atoms with Crippen LogP contribution < -0.4 is 11.1 Å². The van der Waals surface area contributed by atoms with Gasteiger partial charge in [-0.05, 0) is 18.6 Å². The summed E-state index contributed by atoms with van der Waals surface area (Å²) >= 11 is 0. The molecule has 1 rings (SSSR count). The van der Waals surface area contributed by atoms with Gasteiger partial charge in [0.2, 0.25) is 5.91 Å². The maximum atomic E-state index is 13.4. The second-order valence-corrected chi connectivity index (χ2v) is 4.18. The van der Waals surface area contributed by atoms with E-state index >= 15 is 0 Å². The van der Waals surface area contributed by atoms with Gasteiger partial charge in [-0.3, -0.25) is 4.79 Å². The van der Waals surface area contributed by atoms with Crippen LogP contribution in [0.3, 0.4) is 0 Å². The third-order valence-corrected chi connectivity index (χ3v) is 2.78. The number of nitrogens with one attached hydrogen (secondary N) is 1. The molecule has 19 heavy (non-hydrogen) atoms. The van der Waals surface area contributed by atoms with E-state index in [1.54, 1.807) is 0 Å². The maximum Gasteiger partial charge on any atom is 0.340 e. The van der Waals surface area contributed by atoms with Crippen LogP contribution in [-0.2, 0) is 4.79 Å². The summed E-state index contributed by atoms with van der Waals surface area (Å²) in [5, 5.41) is 11.4. The first-order chi connectivity index (χ1) is 9.01. The number of halogens is 1. The minimum Gasteiger partial charge on any atom is -0.478 e. The van der Waals surface area contributed by atoms with Crippen LogP contribution in [-0.4, -0.2) is 23.5 Å². The van der Waals surface area contributed by atoms with Gasteiger partial charge in [-0.1, -0.05) is 19.4 Å². The van der Waals surface area contributed by atoms with E-state index < -0.39 is 29.2 Å². The van der Waals surface area contributed by atoms with Gasteiger partial charge in [0, 0.05) is 6.54 Å². The number of rotatable bonds is 6. The van der Waals surface area contributed by atoms with Crippen LogP contribution in [0.15, 0.2) is 18.2 Å². The minimum atomic E-state index is -1.42. The summed E-state index contributed by atoms with van der Waals surface area (Å²) in [5.41, 5.74) is 4.90. The smallest absolute Gasteiger partial charge is 0.340 e. The molecule has 0 aliphatic carbocycles. The lowest BCUT2D eigenvalue weighted by Gasteiger charge is -2.15. The molecule has 0 saturated heterocycles. The van der Waals surface area contributed by atoms with E-state index in [2.05, 4.69) is 5.32 Å². The number of hydrogen-bond donors (Lipinski definition) is 3. The number of carboxylic acids is 1. The van der Waals surface area contributed by atoms with Crippen molar-refractivity contribution in [1.29, 1.82) is 0 Å². The Kier molecular flexibility index (Phi) is 5.44. The Bertz CT molecular complexity index is 477. The van der Waals surface area contributed by atoms with Crippen molar-refractivity contribution in [2.75, 3.05) is 11.9 Å². The van der Waals surface area contributed by atoms with Gasteiger partial charge in [-0.15, -0.1) is 0 Å². The summed E-state index contributed by atoms with van der Waals surface area (Å²) in [5.74, 6) is -3.11. The first kappa shape index (κ1) is 15.1. The molecule has 0 aromatic heterocycles.